The van der Waals surface area contributed by atoms with E-state index in [9.17, 15) is 14.7 Å². The van der Waals surface area contributed by atoms with E-state index in [2.05, 4.69) is 10.3 Å². The molecule has 0 aliphatic heterocycles. The molecule has 2 aromatic heterocycles. The van der Waals surface area contributed by atoms with Crippen LogP contribution in [0.4, 0.5) is 5.69 Å². The molecular weight excluding hydrogens is 425 g/mol. The van der Waals surface area contributed by atoms with Crippen LogP contribution in [0.15, 0.2) is 67.0 Å². The molecule has 6 nitrogen and oxygen atoms in total. The number of carbonyl (C=O) groups excluding carboxylic acids is 2. The van der Waals surface area contributed by atoms with Gasteiger partial charge in [0.1, 0.15) is 10.9 Å². The Bertz CT molecular complexity index is 1250. The largest absolute Gasteiger partial charge is 0.508 e. The predicted octanol–water partition coefficient (Wildman–Crippen LogP) is 4.92. The molecule has 1 amide bonds. The number of nitrogens with zero attached hydrogens (tertiary/aromatic N) is 2. The fourth-order valence-corrected chi connectivity index (χ4v) is 3.66. The first-order valence-corrected chi connectivity index (χ1v) is 9.70. The topological polar surface area (TPSA) is 84.2 Å². The SMILES string of the molecule is O=C(Nc1ccncc1)C(=O)c1c(Cl)n(Cc2ccc(Cl)cc2)c2ccc(O)cc12. The van der Waals surface area contributed by atoms with E-state index < -0.39 is 11.7 Å². The molecule has 0 unspecified atom stereocenters. The zero-order chi connectivity index (χ0) is 21.3. The van der Waals surface area contributed by atoms with Crippen LogP contribution in [0.25, 0.3) is 10.9 Å². The first-order chi connectivity index (χ1) is 14.4. The molecule has 0 atom stereocenters. The summed E-state index contributed by atoms with van der Waals surface area (Å²) in [5.41, 5.74) is 2.00. The lowest BCUT2D eigenvalue weighted by atomic mass is 10.1. The maximum atomic E-state index is 13.0. The van der Waals surface area contributed by atoms with E-state index in [-0.39, 0.29) is 16.5 Å². The zero-order valence-electron chi connectivity index (χ0n) is 15.5. The average Bonchev–Trinajstić information content (AvgIpc) is 3.00. The van der Waals surface area contributed by atoms with Crippen LogP contribution in [0.3, 0.4) is 0 Å². The lowest BCUT2D eigenvalue weighted by Gasteiger charge is -2.08. The van der Waals surface area contributed by atoms with Crippen molar-refractivity contribution < 1.29 is 14.7 Å². The summed E-state index contributed by atoms with van der Waals surface area (Å²) in [6, 6.07) is 14.9. The molecule has 2 heterocycles. The molecule has 0 radical (unpaired) electrons. The van der Waals surface area contributed by atoms with Crippen molar-refractivity contribution in [2.24, 2.45) is 0 Å². The number of phenolic OH excluding ortho intramolecular Hbond substituents is 1. The van der Waals surface area contributed by atoms with Crippen molar-refractivity contribution in [1.29, 1.82) is 0 Å². The molecule has 4 rings (SSSR count). The van der Waals surface area contributed by atoms with Crippen LogP contribution in [-0.2, 0) is 11.3 Å². The summed E-state index contributed by atoms with van der Waals surface area (Å²) in [6.07, 6.45) is 3.01. The summed E-state index contributed by atoms with van der Waals surface area (Å²) < 4.78 is 1.71. The molecule has 0 saturated heterocycles. The standard InChI is InChI=1S/C22H15Cl2N3O3/c23-14-3-1-13(2-4-14)12-27-18-6-5-16(28)11-17(18)19(21(27)24)20(29)22(30)26-15-7-9-25-10-8-15/h1-11,28H,12H2,(H,25,26,30). The van der Waals surface area contributed by atoms with Gasteiger partial charge in [-0.2, -0.15) is 0 Å². The number of nitrogens with one attached hydrogen (secondary N) is 1. The third kappa shape index (κ3) is 3.87. The lowest BCUT2D eigenvalue weighted by molar-refractivity contribution is -0.112. The number of fused-ring (bicyclic) bond motifs is 1. The highest BCUT2D eigenvalue weighted by Crippen LogP contribution is 2.34. The van der Waals surface area contributed by atoms with Crippen LogP contribution in [0.2, 0.25) is 10.2 Å². The summed E-state index contributed by atoms with van der Waals surface area (Å²) >= 11 is 12.5. The number of aromatic nitrogens is 2. The van der Waals surface area contributed by atoms with Gasteiger partial charge in [0.15, 0.2) is 0 Å². The van der Waals surface area contributed by atoms with Crippen LogP contribution in [0.5, 0.6) is 5.75 Å². The molecule has 0 bridgehead atoms. The molecule has 8 heteroatoms. The third-order valence-corrected chi connectivity index (χ3v) is 5.25. The van der Waals surface area contributed by atoms with Crippen molar-refractivity contribution >= 4 is 51.5 Å². The van der Waals surface area contributed by atoms with Gasteiger partial charge in [0.05, 0.1) is 11.1 Å². The number of Topliss-reactive ketones (excluding diaryl/α,β-unsaturated/α-hetero) is 1. The second kappa shape index (κ2) is 8.18. The van der Waals surface area contributed by atoms with Crippen LogP contribution in [0.1, 0.15) is 15.9 Å². The van der Waals surface area contributed by atoms with Crippen molar-refractivity contribution in [3.63, 3.8) is 0 Å². The number of halogens is 2. The summed E-state index contributed by atoms with van der Waals surface area (Å²) in [5, 5.41) is 13.6. The van der Waals surface area contributed by atoms with Gasteiger partial charge in [-0.25, -0.2) is 0 Å². The summed E-state index contributed by atoms with van der Waals surface area (Å²) in [7, 11) is 0. The van der Waals surface area contributed by atoms with E-state index in [4.69, 9.17) is 23.2 Å². The number of carbonyl (C=O) groups is 2. The van der Waals surface area contributed by atoms with E-state index >= 15 is 0 Å². The van der Waals surface area contributed by atoms with Crippen molar-refractivity contribution in [2.45, 2.75) is 6.54 Å². The smallest absolute Gasteiger partial charge is 0.296 e. The third-order valence-electron chi connectivity index (χ3n) is 4.61. The quantitative estimate of drug-likeness (QED) is 0.341. The number of hydrogen-bond acceptors (Lipinski definition) is 4. The van der Waals surface area contributed by atoms with Crippen LogP contribution >= 0.6 is 23.2 Å². The normalized spacial score (nSPS) is 10.9. The number of phenols is 1. The lowest BCUT2D eigenvalue weighted by Crippen LogP contribution is -2.23. The van der Waals surface area contributed by atoms with Gasteiger partial charge in [0.2, 0.25) is 0 Å². The number of hydrogen-bond donors (Lipinski definition) is 2. The number of aromatic hydroxyl groups is 1. The first kappa shape index (κ1) is 19.9. The Labute approximate surface area is 181 Å². The summed E-state index contributed by atoms with van der Waals surface area (Å²) in [4.78, 5) is 29.4. The number of ketones is 1. The molecule has 4 aromatic rings. The van der Waals surface area contributed by atoms with E-state index in [1.54, 1.807) is 34.9 Å². The Balaban J connectivity index is 1.76. The molecule has 0 saturated carbocycles. The Morgan fingerprint density at radius 3 is 2.40 bits per heavy atom. The van der Waals surface area contributed by atoms with Gasteiger partial charge in [0.25, 0.3) is 11.7 Å². The molecule has 0 spiro atoms. The van der Waals surface area contributed by atoms with Crippen LogP contribution in [0, 0.1) is 0 Å². The van der Waals surface area contributed by atoms with Gasteiger partial charge in [0, 0.05) is 35.0 Å². The second-order valence-corrected chi connectivity index (χ2v) is 7.39. The first-order valence-electron chi connectivity index (χ1n) is 8.95. The monoisotopic (exact) mass is 439 g/mol. The molecule has 2 aromatic carbocycles. The fourth-order valence-electron chi connectivity index (χ4n) is 3.19. The molecule has 0 aliphatic rings. The second-order valence-electron chi connectivity index (χ2n) is 6.60. The molecule has 30 heavy (non-hydrogen) atoms. The summed E-state index contributed by atoms with van der Waals surface area (Å²) in [6.45, 7) is 0.358. The van der Waals surface area contributed by atoms with E-state index in [1.807, 2.05) is 12.1 Å². The number of rotatable bonds is 5. The Morgan fingerprint density at radius 1 is 1.00 bits per heavy atom. The van der Waals surface area contributed by atoms with Gasteiger partial charge in [-0.3, -0.25) is 14.6 Å². The molecule has 0 fully saturated rings. The van der Waals surface area contributed by atoms with Gasteiger partial charge >= 0.3 is 0 Å². The Hall–Kier alpha value is -3.35. The number of amides is 1. The molecular formula is C22H15Cl2N3O3. The number of pyridine rings is 1. The van der Waals surface area contributed by atoms with Crippen molar-refractivity contribution in [3.05, 3.63) is 88.3 Å². The van der Waals surface area contributed by atoms with Crippen molar-refractivity contribution in [1.82, 2.24) is 9.55 Å². The highest BCUT2D eigenvalue weighted by molar-refractivity contribution is 6.51. The highest BCUT2D eigenvalue weighted by atomic mass is 35.5. The maximum Gasteiger partial charge on any atom is 0.296 e. The van der Waals surface area contributed by atoms with Crippen molar-refractivity contribution in [3.8, 4) is 5.75 Å². The minimum absolute atomic E-state index is 0.0306. The van der Waals surface area contributed by atoms with Crippen LogP contribution < -0.4 is 5.32 Å². The van der Waals surface area contributed by atoms with Gasteiger partial charge in [-0.15, -0.1) is 0 Å². The van der Waals surface area contributed by atoms with Gasteiger partial charge in [-0.05, 0) is 48.0 Å². The summed E-state index contributed by atoms with van der Waals surface area (Å²) in [5.74, 6) is -1.68. The van der Waals surface area contributed by atoms with Gasteiger partial charge < -0.3 is 15.0 Å². The number of benzene rings is 2. The maximum absolute atomic E-state index is 13.0. The predicted molar refractivity (Wildman–Crippen MR) is 116 cm³/mol. The molecule has 150 valence electrons. The molecule has 0 aliphatic carbocycles. The number of anilines is 1. The molecule has 2 N–H and O–H groups in total. The zero-order valence-corrected chi connectivity index (χ0v) is 17.0. The minimum Gasteiger partial charge on any atom is -0.508 e. The average molecular weight is 440 g/mol. The Morgan fingerprint density at radius 2 is 1.70 bits per heavy atom. The fraction of sp³-hybridized carbons (Fsp3) is 0.0455. The van der Waals surface area contributed by atoms with E-state index in [0.717, 1.165) is 5.56 Å². The van der Waals surface area contributed by atoms with Crippen LogP contribution in [-0.4, -0.2) is 26.3 Å². The highest BCUT2D eigenvalue weighted by Gasteiger charge is 2.27. The van der Waals surface area contributed by atoms with Gasteiger partial charge in [-0.1, -0.05) is 35.3 Å². The minimum atomic E-state index is -0.836. The van der Waals surface area contributed by atoms with E-state index in [1.165, 1.54) is 24.5 Å². The van der Waals surface area contributed by atoms with Crippen molar-refractivity contribution in [2.75, 3.05) is 5.32 Å². The Kier molecular flexibility index (Phi) is 5.44. The van der Waals surface area contributed by atoms with E-state index in [0.29, 0.717) is 28.2 Å².